The fourth-order valence-electron chi connectivity index (χ4n) is 1.78. The van der Waals surface area contributed by atoms with Gasteiger partial charge in [-0.1, -0.05) is 58.9 Å². The van der Waals surface area contributed by atoms with Crippen LogP contribution in [0.2, 0.25) is 0 Å². The average molecular weight is 228 g/mol. The summed E-state index contributed by atoms with van der Waals surface area (Å²) in [7, 11) is 0. The van der Waals surface area contributed by atoms with E-state index >= 15 is 0 Å². The van der Waals surface area contributed by atoms with Crippen molar-refractivity contribution in [2.75, 3.05) is 0 Å². The average Bonchev–Trinajstić information content (AvgIpc) is 2.28. The summed E-state index contributed by atoms with van der Waals surface area (Å²) in [4.78, 5) is 0. The van der Waals surface area contributed by atoms with Crippen molar-refractivity contribution in [1.29, 1.82) is 0 Å². The van der Waals surface area contributed by atoms with Crippen LogP contribution in [0, 0.1) is 11.8 Å². The van der Waals surface area contributed by atoms with Gasteiger partial charge in [-0.15, -0.1) is 11.8 Å². The Hall–Kier alpha value is -1.22. The van der Waals surface area contributed by atoms with E-state index in [9.17, 15) is 0 Å². The molecule has 0 N–H and O–H groups in total. The van der Waals surface area contributed by atoms with Gasteiger partial charge in [-0.2, -0.15) is 0 Å². The van der Waals surface area contributed by atoms with Gasteiger partial charge in [-0.05, 0) is 22.5 Å². The molecule has 0 fully saturated rings. The molecule has 0 aliphatic carbocycles. The highest BCUT2D eigenvalue weighted by Gasteiger charge is 2.13. The number of benzene rings is 1. The van der Waals surface area contributed by atoms with Crippen molar-refractivity contribution >= 4 is 0 Å². The molecule has 1 aromatic carbocycles. The standard InChI is InChI=1S/C17H24/c1-6-7-8-9-14(2)15-10-12-16(13-11-15)17(3,4)5/h10-14H,6,9H2,1-5H3. The van der Waals surface area contributed by atoms with E-state index in [0.717, 1.165) is 12.8 Å². The zero-order valence-electron chi connectivity index (χ0n) is 11.8. The lowest BCUT2D eigenvalue weighted by Gasteiger charge is -2.20. The Bertz CT molecular complexity index is 392. The van der Waals surface area contributed by atoms with E-state index in [1.54, 1.807) is 0 Å². The Morgan fingerprint density at radius 1 is 1.06 bits per heavy atom. The monoisotopic (exact) mass is 228 g/mol. The first-order valence-corrected chi connectivity index (χ1v) is 6.51. The van der Waals surface area contributed by atoms with Gasteiger partial charge in [0.25, 0.3) is 0 Å². The van der Waals surface area contributed by atoms with Crippen LogP contribution < -0.4 is 0 Å². The summed E-state index contributed by atoms with van der Waals surface area (Å²) in [6.45, 7) is 11.1. The molecule has 0 heteroatoms. The van der Waals surface area contributed by atoms with Crippen LogP contribution in [0.5, 0.6) is 0 Å². The SMILES string of the molecule is CCC#CCC(C)c1ccc(C(C)(C)C)cc1. The van der Waals surface area contributed by atoms with Gasteiger partial charge in [0.15, 0.2) is 0 Å². The van der Waals surface area contributed by atoms with Crippen molar-refractivity contribution in [3.63, 3.8) is 0 Å². The normalized spacial score (nSPS) is 12.8. The van der Waals surface area contributed by atoms with E-state index in [-0.39, 0.29) is 5.41 Å². The zero-order valence-corrected chi connectivity index (χ0v) is 11.8. The van der Waals surface area contributed by atoms with Gasteiger partial charge in [-0.25, -0.2) is 0 Å². The largest absolute Gasteiger partial charge is 0.104 e. The van der Waals surface area contributed by atoms with Gasteiger partial charge in [0.05, 0.1) is 0 Å². The molecule has 17 heavy (non-hydrogen) atoms. The first kappa shape index (κ1) is 13.8. The van der Waals surface area contributed by atoms with Crippen LogP contribution in [0.4, 0.5) is 0 Å². The first-order chi connectivity index (χ1) is 7.95. The topological polar surface area (TPSA) is 0 Å². The summed E-state index contributed by atoms with van der Waals surface area (Å²) in [6.07, 6.45) is 1.92. The Morgan fingerprint density at radius 2 is 1.65 bits per heavy atom. The molecule has 92 valence electrons. The molecule has 0 radical (unpaired) electrons. The van der Waals surface area contributed by atoms with Crippen LogP contribution in [-0.2, 0) is 5.41 Å². The number of rotatable bonds is 2. The van der Waals surface area contributed by atoms with Gasteiger partial charge in [-0.3, -0.25) is 0 Å². The molecule has 1 unspecified atom stereocenters. The molecule has 0 saturated carbocycles. The zero-order chi connectivity index (χ0) is 12.9. The third-order valence-corrected chi connectivity index (χ3v) is 3.06. The maximum atomic E-state index is 3.23. The fraction of sp³-hybridized carbons (Fsp3) is 0.529. The second kappa shape index (κ2) is 5.92. The highest BCUT2D eigenvalue weighted by atomic mass is 14.2. The van der Waals surface area contributed by atoms with Crippen molar-refractivity contribution < 1.29 is 0 Å². The third kappa shape index (κ3) is 4.27. The van der Waals surface area contributed by atoms with Gasteiger partial charge in [0.1, 0.15) is 0 Å². The minimum atomic E-state index is 0.240. The van der Waals surface area contributed by atoms with Crippen LogP contribution in [0.25, 0.3) is 0 Å². The molecule has 1 rings (SSSR count). The van der Waals surface area contributed by atoms with Crippen LogP contribution in [-0.4, -0.2) is 0 Å². The van der Waals surface area contributed by atoms with Gasteiger partial charge >= 0.3 is 0 Å². The predicted octanol–water partition coefficient (Wildman–Crippen LogP) is 4.89. The highest BCUT2D eigenvalue weighted by molar-refractivity contribution is 5.29. The molecule has 0 bridgehead atoms. The third-order valence-electron chi connectivity index (χ3n) is 3.06. The lowest BCUT2D eigenvalue weighted by Crippen LogP contribution is -2.10. The summed E-state index contributed by atoms with van der Waals surface area (Å²) in [5, 5.41) is 0. The van der Waals surface area contributed by atoms with Gasteiger partial charge in [0, 0.05) is 12.8 Å². The lowest BCUT2D eigenvalue weighted by atomic mass is 9.85. The van der Waals surface area contributed by atoms with E-state index in [1.165, 1.54) is 11.1 Å². The maximum absolute atomic E-state index is 3.23. The van der Waals surface area contributed by atoms with E-state index in [4.69, 9.17) is 0 Å². The molecule has 0 nitrogen and oxygen atoms in total. The quantitative estimate of drug-likeness (QED) is 0.632. The molecular weight excluding hydrogens is 204 g/mol. The molecule has 0 aliphatic rings. The minimum Gasteiger partial charge on any atom is -0.104 e. The van der Waals surface area contributed by atoms with E-state index in [2.05, 4.69) is 70.7 Å². The Labute approximate surface area is 106 Å². The summed E-state index contributed by atoms with van der Waals surface area (Å²) in [5.41, 5.74) is 3.03. The molecule has 0 saturated heterocycles. The second-order valence-corrected chi connectivity index (χ2v) is 5.68. The van der Waals surface area contributed by atoms with E-state index in [1.807, 2.05) is 0 Å². The van der Waals surface area contributed by atoms with Crippen molar-refractivity contribution in [2.24, 2.45) is 0 Å². The summed E-state index contributed by atoms with van der Waals surface area (Å²) in [6, 6.07) is 9.00. The molecular formula is C17H24. The fourth-order valence-corrected chi connectivity index (χ4v) is 1.78. The van der Waals surface area contributed by atoms with Crippen LogP contribution in [0.1, 0.15) is 64.5 Å². The van der Waals surface area contributed by atoms with Gasteiger partial charge in [0.2, 0.25) is 0 Å². The molecule has 0 spiro atoms. The van der Waals surface area contributed by atoms with E-state index in [0.29, 0.717) is 5.92 Å². The van der Waals surface area contributed by atoms with Crippen molar-refractivity contribution in [2.45, 2.75) is 58.8 Å². The Balaban J connectivity index is 2.74. The molecule has 0 amide bonds. The Kier molecular flexibility index (Phi) is 4.82. The maximum Gasteiger partial charge on any atom is 0.0155 e. The lowest BCUT2D eigenvalue weighted by molar-refractivity contribution is 0.589. The van der Waals surface area contributed by atoms with Gasteiger partial charge < -0.3 is 0 Å². The smallest absolute Gasteiger partial charge is 0.0155 e. The second-order valence-electron chi connectivity index (χ2n) is 5.68. The minimum absolute atomic E-state index is 0.240. The highest BCUT2D eigenvalue weighted by Crippen LogP contribution is 2.25. The van der Waals surface area contributed by atoms with Crippen molar-refractivity contribution in [1.82, 2.24) is 0 Å². The number of hydrogen-bond acceptors (Lipinski definition) is 0. The van der Waals surface area contributed by atoms with Crippen molar-refractivity contribution in [3.8, 4) is 11.8 Å². The summed E-state index contributed by atoms with van der Waals surface area (Å²) in [5.74, 6) is 6.89. The molecule has 1 aromatic rings. The number of hydrogen-bond donors (Lipinski definition) is 0. The molecule has 0 heterocycles. The summed E-state index contributed by atoms with van der Waals surface area (Å²) >= 11 is 0. The van der Waals surface area contributed by atoms with E-state index < -0.39 is 0 Å². The molecule has 0 aliphatic heterocycles. The van der Waals surface area contributed by atoms with Crippen LogP contribution in [0.3, 0.4) is 0 Å². The first-order valence-electron chi connectivity index (χ1n) is 6.51. The molecule has 0 aromatic heterocycles. The van der Waals surface area contributed by atoms with Crippen LogP contribution >= 0.6 is 0 Å². The predicted molar refractivity (Wildman–Crippen MR) is 76.2 cm³/mol. The van der Waals surface area contributed by atoms with Crippen molar-refractivity contribution in [3.05, 3.63) is 35.4 Å². The molecule has 1 atom stereocenters. The van der Waals surface area contributed by atoms with Crippen LogP contribution in [0.15, 0.2) is 24.3 Å². The Morgan fingerprint density at radius 3 is 2.12 bits per heavy atom. The summed E-state index contributed by atoms with van der Waals surface area (Å²) < 4.78 is 0.